The predicted octanol–water partition coefficient (Wildman–Crippen LogP) is 15.0. The van der Waals surface area contributed by atoms with Crippen molar-refractivity contribution in [2.45, 2.75) is 0 Å². The SMILES string of the molecule is CN(C)c1cccc2cccc([NH+](C)C)c12.Oc1c(Cl)c(Cl)c(Cl)c(Cl)c1Cl.Oc1c(Cl)c(Cl)c(Cl)c(Cl)c1Cl.[O-]c1c(Cl)c(Cl)c(Cl)c(Cl)c1Cl. The number of quaternary nitrogens is 1. The molecule has 52 heavy (non-hydrogen) atoms. The molecule has 0 amide bonds. The average Bonchev–Trinajstić information content (AvgIpc) is 3.13. The molecule has 0 saturated heterocycles. The van der Waals surface area contributed by atoms with E-state index in [0.717, 1.165) is 0 Å². The number of rotatable bonds is 2. The number of anilines is 1. The molecule has 5 nitrogen and oxygen atoms in total. The van der Waals surface area contributed by atoms with Gasteiger partial charge in [0.25, 0.3) is 0 Å². The number of benzene rings is 5. The average molecular weight is 1010 g/mol. The number of nitrogens with zero attached hydrogens (tertiary/aromatic N) is 1. The highest BCUT2D eigenvalue weighted by Gasteiger charge is 2.19. The molecule has 20 heteroatoms. The third kappa shape index (κ3) is 11.0. The number of nitrogens with one attached hydrogen (secondary N) is 1. The Bertz CT molecular complexity index is 1590. The number of hydrogen-bond acceptors (Lipinski definition) is 4. The molecule has 5 aromatic rings. The molecule has 3 N–H and O–H groups in total. The van der Waals surface area contributed by atoms with E-state index in [1.807, 2.05) is 0 Å². The fourth-order valence-corrected chi connectivity index (χ4v) is 7.26. The van der Waals surface area contributed by atoms with Gasteiger partial charge in [0.1, 0.15) is 25.8 Å². The van der Waals surface area contributed by atoms with Crippen LogP contribution in [0.15, 0.2) is 36.4 Å². The molecule has 0 saturated carbocycles. The lowest BCUT2D eigenvalue weighted by atomic mass is 10.1. The second-order valence-electron chi connectivity index (χ2n) is 10.3. The summed E-state index contributed by atoms with van der Waals surface area (Å²) >= 11 is 83.5. The Morgan fingerprint density at radius 2 is 0.750 bits per heavy atom. The summed E-state index contributed by atoms with van der Waals surface area (Å²) < 4.78 is 0. The summed E-state index contributed by atoms with van der Waals surface area (Å²) in [6.07, 6.45) is 0. The molecule has 0 heterocycles. The van der Waals surface area contributed by atoms with E-state index in [1.54, 1.807) is 0 Å². The number of hydrogen-bond donors (Lipinski definition) is 3. The fourth-order valence-electron chi connectivity index (χ4n) is 3.88. The second-order valence-corrected chi connectivity index (χ2v) is 16.0. The Morgan fingerprint density at radius 3 is 1.06 bits per heavy atom. The van der Waals surface area contributed by atoms with Crippen LogP contribution in [0.5, 0.6) is 17.2 Å². The normalized spacial score (nSPS) is 10.6. The van der Waals surface area contributed by atoms with Gasteiger partial charge < -0.3 is 25.1 Å². The van der Waals surface area contributed by atoms with Crippen LogP contribution < -0.4 is 14.9 Å². The van der Waals surface area contributed by atoms with Crippen molar-refractivity contribution in [3.8, 4) is 17.2 Å². The highest BCUT2D eigenvalue weighted by atomic mass is 35.5. The number of halogens is 15. The zero-order valence-electron chi connectivity index (χ0n) is 26.4. The highest BCUT2D eigenvalue weighted by Crippen LogP contribution is 2.49. The van der Waals surface area contributed by atoms with Crippen LogP contribution in [0.25, 0.3) is 10.8 Å². The minimum absolute atomic E-state index is 0.00654. The maximum absolute atomic E-state index is 11.1. The summed E-state index contributed by atoms with van der Waals surface area (Å²) in [6.45, 7) is 0. The van der Waals surface area contributed by atoms with Crippen molar-refractivity contribution < 1.29 is 20.2 Å². The third-order valence-corrected chi connectivity index (χ3v) is 13.2. The summed E-state index contributed by atoms with van der Waals surface area (Å²) in [5.74, 6) is -1.34. The van der Waals surface area contributed by atoms with Crippen molar-refractivity contribution in [1.82, 2.24) is 0 Å². The molecule has 0 aliphatic rings. The van der Waals surface area contributed by atoms with Crippen molar-refractivity contribution >= 4 is 196 Å². The van der Waals surface area contributed by atoms with Gasteiger partial charge in [-0.3, -0.25) is 0 Å². The molecule has 0 aliphatic heterocycles. The lowest BCUT2D eigenvalue weighted by molar-refractivity contribution is -0.785. The first-order chi connectivity index (χ1) is 24.0. The van der Waals surface area contributed by atoms with Crippen molar-refractivity contribution in [2.75, 3.05) is 33.1 Å². The van der Waals surface area contributed by atoms with Gasteiger partial charge in [-0.15, -0.1) is 0 Å². The highest BCUT2D eigenvalue weighted by molar-refractivity contribution is 6.57. The summed E-state index contributed by atoms with van der Waals surface area (Å²) in [4.78, 5) is 3.54. The maximum Gasteiger partial charge on any atom is 0.155 e. The first-order valence-electron chi connectivity index (χ1n) is 13.6. The van der Waals surface area contributed by atoms with E-state index in [2.05, 4.69) is 69.5 Å². The van der Waals surface area contributed by atoms with Crippen LogP contribution in [0.4, 0.5) is 11.4 Å². The third-order valence-electron chi connectivity index (χ3n) is 6.45. The molecule has 0 fully saturated rings. The number of aromatic hydroxyl groups is 2. The van der Waals surface area contributed by atoms with Gasteiger partial charge in [-0.1, -0.05) is 204 Å². The minimum Gasteiger partial charge on any atom is -0.870 e. The molecule has 5 aromatic carbocycles. The molecular weight excluding hydrogens is 992 g/mol. The molecule has 0 aromatic heterocycles. The van der Waals surface area contributed by atoms with E-state index in [4.69, 9.17) is 174 Å². The largest absolute Gasteiger partial charge is 0.870 e. The molecule has 0 unspecified atom stereocenters. The van der Waals surface area contributed by atoms with E-state index in [-0.39, 0.29) is 86.8 Å². The van der Waals surface area contributed by atoms with Crippen LogP contribution in [0, 0.1) is 0 Å². The fraction of sp³-hybridized carbons (Fsp3) is 0.125. The van der Waals surface area contributed by atoms with Crippen LogP contribution in [0.1, 0.15) is 0 Å². The number of phenolic OH excluding ortho intramolecular Hbond substituents is 2. The predicted molar refractivity (Wildman–Crippen MR) is 228 cm³/mol. The van der Waals surface area contributed by atoms with E-state index in [0.29, 0.717) is 0 Å². The van der Waals surface area contributed by atoms with Gasteiger partial charge >= 0.3 is 0 Å². The molecule has 0 radical (unpaired) electrons. The van der Waals surface area contributed by atoms with Gasteiger partial charge in [0, 0.05) is 14.1 Å². The first-order valence-corrected chi connectivity index (χ1v) is 19.3. The van der Waals surface area contributed by atoms with Crippen molar-refractivity contribution in [3.05, 3.63) is 112 Å². The Balaban J connectivity index is 0.000000242. The Hall–Kier alpha value is -0.130. The Labute approximate surface area is 374 Å². The zero-order chi connectivity index (χ0) is 40.1. The second kappa shape index (κ2) is 20.9. The molecular formula is C32H21Cl15N2O3. The summed E-state index contributed by atoms with van der Waals surface area (Å²) in [7, 11) is 8.52. The van der Waals surface area contributed by atoms with Crippen LogP contribution in [0.2, 0.25) is 75.3 Å². The molecule has 0 bridgehead atoms. The van der Waals surface area contributed by atoms with Crippen LogP contribution in [-0.2, 0) is 0 Å². The first kappa shape index (κ1) is 48.0. The van der Waals surface area contributed by atoms with E-state index in [1.165, 1.54) is 27.0 Å². The quantitative estimate of drug-likeness (QED) is 0.122. The summed E-state index contributed by atoms with van der Waals surface area (Å²) in [5.41, 5.74) is 2.64. The Morgan fingerprint density at radius 1 is 0.462 bits per heavy atom. The smallest absolute Gasteiger partial charge is 0.155 e. The van der Waals surface area contributed by atoms with Gasteiger partial charge in [0.2, 0.25) is 0 Å². The topological polar surface area (TPSA) is 71.2 Å². The van der Waals surface area contributed by atoms with Gasteiger partial charge in [0.05, 0.1) is 80.4 Å². The lowest BCUT2D eigenvalue weighted by Crippen LogP contribution is -3.00. The molecule has 0 aliphatic carbocycles. The van der Waals surface area contributed by atoms with E-state index in [9.17, 15) is 15.3 Å². The van der Waals surface area contributed by atoms with Gasteiger partial charge in [0.15, 0.2) is 11.5 Å². The molecule has 5 rings (SSSR count). The summed E-state index contributed by atoms with van der Waals surface area (Å²) in [5, 5.41) is 31.2. The maximum atomic E-state index is 11.1. The minimum atomic E-state index is -0.613. The van der Waals surface area contributed by atoms with Gasteiger partial charge in [-0.05, 0) is 17.5 Å². The number of fused-ring (bicyclic) bond motifs is 1. The Kier molecular flexibility index (Phi) is 19.3. The standard InChI is InChI=1S/C14H18N2.3C6HCl5O/c1-15(2)12-9-5-7-11-8-6-10-13(14(11)12)16(3)4;3*7-1-2(8)4(10)6(12)5(11)3(1)9/h5-10H,1-4H3;3*12H. The molecule has 0 atom stereocenters. The van der Waals surface area contributed by atoms with E-state index < -0.39 is 5.75 Å². The van der Waals surface area contributed by atoms with Crippen LogP contribution in [0.3, 0.4) is 0 Å². The zero-order valence-corrected chi connectivity index (χ0v) is 37.7. The molecule has 282 valence electrons. The van der Waals surface area contributed by atoms with Crippen LogP contribution in [-0.4, -0.2) is 38.4 Å². The lowest BCUT2D eigenvalue weighted by Gasteiger charge is -2.18. The summed E-state index contributed by atoms with van der Waals surface area (Å²) in [6, 6.07) is 13.0. The van der Waals surface area contributed by atoms with Crippen molar-refractivity contribution in [1.29, 1.82) is 0 Å². The van der Waals surface area contributed by atoms with E-state index >= 15 is 0 Å². The molecule has 0 spiro atoms. The van der Waals surface area contributed by atoms with Gasteiger partial charge in [-0.25, -0.2) is 0 Å². The number of phenols is 2. The monoisotopic (exact) mass is 1010 g/mol. The van der Waals surface area contributed by atoms with Gasteiger partial charge in [-0.2, -0.15) is 0 Å². The van der Waals surface area contributed by atoms with Crippen molar-refractivity contribution in [3.63, 3.8) is 0 Å². The van der Waals surface area contributed by atoms with Crippen molar-refractivity contribution in [2.24, 2.45) is 0 Å². The van der Waals surface area contributed by atoms with Crippen LogP contribution >= 0.6 is 174 Å².